The molecule has 0 heterocycles. The molecule has 0 bridgehead atoms. The number of nitrogens with two attached hydrogens (primary N) is 1. The zero-order valence-electron chi connectivity index (χ0n) is 8.89. The van der Waals surface area contributed by atoms with Gasteiger partial charge in [-0.1, -0.05) is 6.92 Å². The molecule has 0 spiro atoms. The van der Waals surface area contributed by atoms with Crippen LogP contribution in [0.5, 0.6) is 5.75 Å². The molecule has 1 atom stereocenters. The van der Waals surface area contributed by atoms with Crippen LogP contribution in [0, 0.1) is 11.6 Å². The molecule has 0 aromatic heterocycles. The van der Waals surface area contributed by atoms with Crippen molar-refractivity contribution < 1.29 is 13.5 Å². The van der Waals surface area contributed by atoms with Crippen molar-refractivity contribution >= 4 is 0 Å². The van der Waals surface area contributed by atoms with Crippen LogP contribution >= 0.6 is 0 Å². The van der Waals surface area contributed by atoms with Crippen LogP contribution in [0.4, 0.5) is 8.78 Å². The second-order valence-electron chi connectivity index (χ2n) is 3.45. The Morgan fingerprint density at radius 2 is 2.00 bits per heavy atom. The molecule has 1 unspecified atom stereocenters. The van der Waals surface area contributed by atoms with Gasteiger partial charge in [-0.05, 0) is 24.5 Å². The van der Waals surface area contributed by atoms with Gasteiger partial charge in [0.05, 0.1) is 7.11 Å². The van der Waals surface area contributed by atoms with Crippen molar-refractivity contribution in [1.29, 1.82) is 0 Å². The Kier molecular flexibility index (Phi) is 4.03. The first-order valence-electron chi connectivity index (χ1n) is 4.86. The van der Waals surface area contributed by atoms with Gasteiger partial charge in [-0.15, -0.1) is 0 Å². The van der Waals surface area contributed by atoms with E-state index in [0.29, 0.717) is 12.0 Å². The fourth-order valence-corrected chi connectivity index (χ4v) is 1.31. The maximum Gasteiger partial charge on any atom is 0.165 e. The van der Waals surface area contributed by atoms with Crippen LogP contribution in [0.2, 0.25) is 0 Å². The van der Waals surface area contributed by atoms with Gasteiger partial charge in [-0.25, -0.2) is 8.78 Å². The molecule has 4 heteroatoms. The Bertz CT molecular complexity index is 342. The van der Waals surface area contributed by atoms with Crippen molar-refractivity contribution in [3.8, 4) is 5.75 Å². The van der Waals surface area contributed by atoms with Gasteiger partial charge >= 0.3 is 0 Å². The second-order valence-corrected chi connectivity index (χ2v) is 3.45. The molecule has 0 aliphatic carbocycles. The van der Waals surface area contributed by atoms with Gasteiger partial charge in [0, 0.05) is 12.1 Å². The topological polar surface area (TPSA) is 35.2 Å². The summed E-state index contributed by atoms with van der Waals surface area (Å²) in [4.78, 5) is 0. The lowest BCUT2D eigenvalue weighted by molar-refractivity contribution is 0.381. The van der Waals surface area contributed by atoms with Crippen molar-refractivity contribution in [2.75, 3.05) is 7.11 Å². The minimum atomic E-state index is -0.558. The fourth-order valence-electron chi connectivity index (χ4n) is 1.31. The Hall–Kier alpha value is -1.16. The van der Waals surface area contributed by atoms with Crippen molar-refractivity contribution in [2.24, 2.45) is 5.73 Å². The predicted octanol–water partition coefficient (Wildman–Crippen LogP) is 2.25. The van der Waals surface area contributed by atoms with E-state index in [1.54, 1.807) is 0 Å². The highest BCUT2D eigenvalue weighted by Gasteiger charge is 2.12. The summed E-state index contributed by atoms with van der Waals surface area (Å²) in [7, 11) is 1.30. The Morgan fingerprint density at radius 3 is 2.53 bits per heavy atom. The van der Waals surface area contributed by atoms with E-state index in [1.807, 2.05) is 6.92 Å². The normalized spacial score (nSPS) is 12.6. The lowest BCUT2D eigenvalue weighted by Crippen LogP contribution is -2.22. The van der Waals surface area contributed by atoms with E-state index in [2.05, 4.69) is 4.74 Å². The maximum absolute atomic E-state index is 13.4. The summed E-state index contributed by atoms with van der Waals surface area (Å²) >= 11 is 0. The standard InChI is InChI=1S/C11H15F2NO/c1-3-8(14)4-7-5-10(13)11(15-2)6-9(7)12/h5-6,8H,3-4,14H2,1-2H3. The number of rotatable bonds is 4. The molecule has 0 aliphatic heterocycles. The highest BCUT2D eigenvalue weighted by Crippen LogP contribution is 2.22. The van der Waals surface area contributed by atoms with E-state index in [1.165, 1.54) is 7.11 Å². The summed E-state index contributed by atoms with van der Waals surface area (Å²) in [5.74, 6) is -1.12. The molecule has 1 rings (SSSR count). The van der Waals surface area contributed by atoms with Crippen LogP contribution in [0.1, 0.15) is 18.9 Å². The molecule has 2 nitrogen and oxygen atoms in total. The van der Waals surface area contributed by atoms with Gasteiger partial charge in [-0.2, -0.15) is 0 Å². The zero-order valence-corrected chi connectivity index (χ0v) is 8.89. The number of hydrogen-bond acceptors (Lipinski definition) is 2. The van der Waals surface area contributed by atoms with Crippen LogP contribution in [0.3, 0.4) is 0 Å². The third kappa shape index (κ3) is 2.89. The minimum Gasteiger partial charge on any atom is -0.494 e. The summed E-state index contributed by atoms with van der Waals surface area (Å²) in [5, 5.41) is 0. The largest absolute Gasteiger partial charge is 0.494 e. The summed E-state index contributed by atoms with van der Waals surface area (Å²) in [6.45, 7) is 1.91. The number of methoxy groups -OCH3 is 1. The highest BCUT2D eigenvalue weighted by molar-refractivity contribution is 5.31. The average molecular weight is 215 g/mol. The van der Waals surface area contributed by atoms with Crippen molar-refractivity contribution in [3.63, 3.8) is 0 Å². The van der Waals surface area contributed by atoms with Gasteiger partial charge in [0.1, 0.15) is 5.82 Å². The Morgan fingerprint density at radius 1 is 1.33 bits per heavy atom. The van der Waals surface area contributed by atoms with E-state index in [4.69, 9.17) is 5.73 Å². The van der Waals surface area contributed by atoms with Crippen molar-refractivity contribution in [2.45, 2.75) is 25.8 Å². The first-order valence-corrected chi connectivity index (χ1v) is 4.86. The number of halogens is 2. The van der Waals surface area contributed by atoms with Crippen molar-refractivity contribution in [1.82, 2.24) is 0 Å². The van der Waals surface area contributed by atoms with Gasteiger partial charge in [0.2, 0.25) is 0 Å². The Labute approximate surface area is 88.0 Å². The highest BCUT2D eigenvalue weighted by atomic mass is 19.1. The number of benzene rings is 1. The lowest BCUT2D eigenvalue weighted by atomic mass is 10.0. The van der Waals surface area contributed by atoms with Gasteiger partial charge in [0.25, 0.3) is 0 Å². The van der Waals surface area contributed by atoms with Gasteiger partial charge in [0.15, 0.2) is 11.6 Å². The van der Waals surface area contributed by atoms with E-state index >= 15 is 0 Å². The smallest absolute Gasteiger partial charge is 0.165 e. The second kappa shape index (κ2) is 5.07. The quantitative estimate of drug-likeness (QED) is 0.836. The number of hydrogen-bond donors (Lipinski definition) is 1. The van der Waals surface area contributed by atoms with E-state index in [9.17, 15) is 8.78 Å². The summed E-state index contributed by atoms with van der Waals surface area (Å²) in [6, 6.07) is 2.05. The van der Waals surface area contributed by atoms with E-state index in [-0.39, 0.29) is 11.8 Å². The molecule has 2 N–H and O–H groups in total. The SMILES string of the molecule is CCC(N)Cc1cc(F)c(OC)cc1F. The molecule has 0 amide bonds. The third-order valence-corrected chi connectivity index (χ3v) is 2.33. The zero-order chi connectivity index (χ0) is 11.4. The average Bonchev–Trinajstić information content (AvgIpc) is 2.22. The lowest BCUT2D eigenvalue weighted by Gasteiger charge is -2.11. The van der Waals surface area contributed by atoms with Crippen molar-refractivity contribution in [3.05, 3.63) is 29.3 Å². The van der Waals surface area contributed by atoms with Gasteiger partial charge < -0.3 is 10.5 Å². The Balaban J connectivity index is 2.95. The first-order chi connectivity index (χ1) is 7.08. The maximum atomic E-state index is 13.4. The molecule has 0 saturated heterocycles. The fraction of sp³-hybridized carbons (Fsp3) is 0.455. The molecule has 0 fully saturated rings. The van der Waals surface area contributed by atoms with Crippen LogP contribution in [-0.2, 0) is 6.42 Å². The third-order valence-electron chi connectivity index (χ3n) is 2.33. The van der Waals surface area contributed by atoms with Crippen LogP contribution in [0.25, 0.3) is 0 Å². The molecule has 1 aromatic rings. The summed E-state index contributed by atoms with van der Waals surface area (Å²) in [6.07, 6.45) is 1.07. The molecular formula is C11H15F2NO. The summed E-state index contributed by atoms with van der Waals surface area (Å²) < 4.78 is 31.3. The molecule has 0 aliphatic rings. The molecule has 15 heavy (non-hydrogen) atoms. The monoisotopic (exact) mass is 215 g/mol. The molecule has 1 aromatic carbocycles. The molecular weight excluding hydrogens is 200 g/mol. The minimum absolute atomic E-state index is 0.0821. The van der Waals surface area contributed by atoms with Crippen LogP contribution in [-0.4, -0.2) is 13.2 Å². The summed E-state index contributed by atoms with van der Waals surface area (Å²) in [5.41, 5.74) is 5.97. The first kappa shape index (κ1) is 11.9. The predicted molar refractivity (Wildman–Crippen MR) is 54.9 cm³/mol. The molecule has 0 saturated carbocycles. The molecule has 0 radical (unpaired) electrons. The van der Waals surface area contributed by atoms with Crippen LogP contribution in [0.15, 0.2) is 12.1 Å². The van der Waals surface area contributed by atoms with E-state index < -0.39 is 11.6 Å². The number of ether oxygens (including phenoxy) is 1. The van der Waals surface area contributed by atoms with Gasteiger partial charge in [-0.3, -0.25) is 0 Å². The van der Waals surface area contributed by atoms with E-state index in [0.717, 1.165) is 18.6 Å². The molecule has 84 valence electrons. The van der Waals surface area contributed by atoms with Crippen LogP contribution < -0.4 is 10.5 Å².